The molecule has 1 aliphatic rings. The Morgan fingerprint density at radius 2 is 1.73 bits per heavy atom. The fraction of sp³-hybridized carbons (Fsp3) is 0.0800. The van der Waals surface area contributed by atoms with Gasteiger partial charge in [-0.2, -0.15) is 0 Å². The molecule has 0 radical (unpaired) electrons. The van der Waals surface area contributed by atoms with Gasteiger partial charge in [-0.3, -0.25) is 9.59 Å². The Hall–Kier alpha value is -4.33. The van der Waals surface area contributed by atoms with Crippen molar-refractivity contribution in [1.29, 1.82) is 0 Å². The molecule has 1 unspecified atom stereocenters. The molecule has 2 N–H and O–H groups in total. The van der Waals surface area contributed by atoms with E-state index in [0.717, 1.165) is 0 Å². The molecule has 4 aromatic rings. The van der Waals surface area contributed by atoms with Crippen molar-refractivity contribution in [1.82, 2.24) is 10.3 Å². The van der Waals surface area contributed by atoms with Crippen LogP contribution < -0.4 is 10.2 Å². The normalized spacial score (nSPS) is 15.7. The highest BCUT2D eigenvalue weighted by atomic mass is 19.1. The number of H-pyrrole nitrogens is 1. The van der Waals surface area contributed by atoms with E-state index < -0.39 is 29.6 Å². The number of aliphatic imine (C=N–C) groups is 1. The molecule has 0 fully saturated rings. The summed E-state index contributed by atoms with van der Waals surface area (Å²) in [4.78, 5) is 34.9. The lowest BCUT2D eigenvalue weighted by atomic mass is 10.00. The van der Waals surface area contributed by atoms with Gasteiger partial charge in [0.05, 0.1) is 11.4 Å². The number of carbonyl (C=O) groups excluding carboxylic acids is 2. The van der Waals surface area contributed by atoms with E-state index in [9.17, 15) is 18.4 Å². The molecule has 3 aromatic carbocycles. The number of para-hydroxylation sites is 1. The molecule has 1 aromatic heterocycles. The number of nitrogens with one attached hydrogen (secondary N) is 2. The van der Waals surface area contributed by atoms with Gasteiger partial charge in [0.1, 0.15) is 17.3 Å². The van der Waals surface area contributed by atoms with Crippen molar-refractivity contribution in [2.24, 2.45) is 4.99 Å². The van der Waals surface area contributed by atoms with Crippen LogP contribution in [-0.4, -0.2) is 35.7 Å². The lowest BCUT2D eigenvalue weighted by Gasteiger charge is -2.20. The first-order chi connectivity index (χ1) is 15.9. The van der Waals surface area contributed by atoms with Gasteiger partial charge in [-0.25, -0.2) is 13.8 Å². The zero-order valence-corrected chi connectivity index (χ0v) is 17.5. The molecule has 6 nitrogen and oxygen atoms in total. The average molecular weight is 444 g/mol. The van der Waals surface area contributed by atoms with Crippen molar-refractivity contribution < 1.29 is 18.4 Å². The maximum absolute atomic E-state index is 14.7. The van der Waals surface area contributed by atoms with Gasteiger partial charge in [0.25, 0.3) is 11.8 Å². The highest BCUT2D eigenvalue weighted by Gasteiger charge is 2.32. The van der Waals surface area contributed by atoms with Crippen molar-refractivity contribution in [3.8, 4) is 0 Å². The van der Waals surface area contributed by atoms with Crippen LogP contribution in [0.1, 0.15) is 21.6 Å². The highest BCUT2D eigenvalue weighted by Crippen LogP contribution is 2.28. The quantitative estimate of drug-likeness (QED) is 0.501. The minimum atomic E-state index is -1.30. The Kier molecular flexibility index (Phi) is 4.97. The Morgan fingerprint density at radius 1 is 1.00 bits per heavy atom. The van der Waals surface area contributed by atoms with Gasteiger partial charge >= 0.3 is 0 Å². The van der Waals surface area contributed by atoms with E-state index in [0.29, 0.717) is 22.2 Å². The summed E-state index contributed by atoms with van der Waals surface area (Å²) in [5.41, 5.74) is 2.18. The van der Waals surface area contributed by atoms with Gasteiger partial charge in [-0.15, -0.1) is 0 Å². The SMILES string of the molecule is CN1C(=O)C(NC(=O)c2cc3ccc(F)cc3[nH]2)N=C(c2ccccc2F)c2ccccc21. The number of fused-ring (bicyclic) bond motifs is 2. The van der Waals surface area contributed by atoms with Gasteiger partial charge in [-0.05, 0) is 42.5 Å². The van der Waals surface area contributed by atoms with Crippen LogP contribution in [0.4, 0.5) is 14.5 Å². The summed E-state index contributed by atoms with van der Waals surface area (Å²) < 4.78 is 28.2. The van der Waals surface area contributed by atoms with Gasteiger partial charge in [0.2, 0.25) is 6.17 Å². The van der Waals surface area contributed by atoms with Gasteiger partial charge in [0, 0.05) is 29.1 Å². The monoisotopic (exact) mass is 444 g/mol. The molecule has 164 valence electrons. The Morgan fingerprint density at radius 3 is 2.52 bits per heavy atom. The minimum Gasteiger partial charge on any atom is -0.350 e. The number of benzene rings is 3. The number of hydrogen-bond donors (Lipinski definition) is 2. The van der Waals surface area contributed by atoms with Crippen LogP contribution in [0.2, 0.25) is 0 Å². The second-order valence-electron chi connectivity index (χ2n) is 7.66. The number of aromatic amines is 1. The summed E-state index contributed by atoms with van der Waals surface area (Å²) in [6.07, 6.45) is -1.30. The molecule has 2 amide bonds. The molecule has 0 saturated carbocycles. The molecule has 5 rings (SSSR count). The number of benzodiazepines with no additional fused rings is 1. The van der Waals surface area contributed by atoms with Crippen molar-refractivity contribution in [2.45, 2.75) is 6.17 Å². The fourth-order valence-corrected chi connectivity index (χ4v) is 3.91. The molecule has 33 heavy (non-hydrogen) atoms. The first-order valence-corrected chi connectivity index (χ1v) is 10.2. The molecule has 0 saturated heterocycles. The van der Waals surface area contributed by atoms with Crippen LogP contribution in [0.25, 0.3) is 10.9 Å². The second kappa shape index (κ2) is 7.98. The van der Waals surface area contributed by atoms with Gasteiger partial charge < -0.3 is 15.2 Å². The Labute approximate surface area is 187 Å². The van der Waals surface area contributed by atoms with E-state index in [4.69, 9.17) is 0 Å². The number of halogens is 2. The fourth-order valence-electron chi connectivity index (χ4n) is 3.91. The van der Waals surface area contributed by atoms with Crippen molar-refractivity contribution in [2.75, 3.05) is 11.9 Å². The van der Waals surface area contributed by atoms with Crippen molar-refractivity contribution in [3.05, 3.63) is 101 Å². The predicted molar refractivity (Wildman–Crippen MR) is 121 cm³/mol. The van der Waals surface area contributed by atoms with Crippen LogP contribution in [-0.2, 0) is 4.79 Å². The molecule has 0 aliphatic carbocycles. The predicted octanol–water partition coefficient (Wildman–Crippen LogP) is 4.02. The lowest BCUT2D eigenvalue weighted by Crippen LogP contribution is -2.46. The number of amides is 2. The molecule has 8 heteroatoms. The lowest BCUT2D eigenvalue weighted by molar-refractivity contribution is -0.119. The summed E-state index contributed by atoms with van der Waals surface area (Å²) >= 11 is 0. The van der Waals surface area contributed by atoms with E-state index in [-0.39, 0.29) is 17.0 Å². The third-order valence-electron chi connectivity index (χ3n) is 5.57. The van der Waals surface area contributed by atoms with E-state index in [1.165, 1.54) is 23.1 Å². The van der Waals surface area contributed by atoms with Crippen LogP contribution >= 0.6 is 0 Å². The first-order valence-electron chi connectivity index (χ1n) is 10.2. The number of rotatable bonds is 3. The summed E-state index contributed by atoms with van der Waals surface area (Å²) in [5.74, 6) is -2.01. The van der Waals surface area contributed by atoms with E-state index in [1.807, 2.05) is 0 Å². The highest BCUT2D eigenvalue weighted by molar-refractivity contribution is 6.20. The van der Waals surface area contributed by atoms with E-state index in [1.54, 1.807) is 61.6 Å². The van der Waals surface area contributed by atoms with Crippen LogP contribution in [0.5, 0.6) is 0 Å². The zero-order chi connectivity index (χ0) is 23.1. The molecular weight excluding hydrogens is 426 g/mol. The Balaban J connectivity index is 1.57. The summed E-state index contributed by atoms with van der Waals surface area (Å²) in [6.45, 7) is 0. The summed E-state index contributed by atoms with van der Waals surface area (Å²) in [7, 11) is 1.58. The van der Waals surface area contributed by atoms with E-state index >= 15 is 0 Å². The zero-order valence-electron chi connectivity index (χ0n) is 17.5. The molecule has 0 bridgehead atoms. The molecule has 1 atom stereocenters. The smallest absolute Gasteiger partial charge is 0.272 e. The topological polar surface area (TPSA) is 77.6 Å². The maximum Gasteiger partial charge on any atom is 0.272 e. The second-order valence-corrected chi connectivity index (χ2v) is 7.66. The van der Waals surface area contributed by atoms with Crippen LogP contribution in [0.3, 0.4) is 0 Å². The summed E-state index contributed by atoms with van der Waals surface area (Å²) in [6, 6.07) is 18.8. The van der Waals surface area contributed by atoms with E-state index in [2.05, 4.69) is 15.3 Å². The minimum absolute atomic E-state index is 0.149. The van der Waals surface area contributed by atoms with Crippen LogP contribution in [0, 0.1) is 11.6 Å². The molecular formula is C25H18F2N4O2. The largest absolute Gasteiger partial charge is 0.350 e. The third-order valence-corrected chi connectivity index (χ3v) is 5.57. The first kappa shape index (κ1) is 20.6. The molecule has 0 spiro atoms. The van der Waals surface area contributed by atoms with Crippen LogP contribution in [0.15, 0.2) is 77.8 Å². The maximum atomic E-state index is 14.7. The Bertz CT molecular complexity index is 1440. The number of likely N-dealkylation sites (N-methyl/N-ethyl adjacent to an activating group) is 1. The van der Waals surface area contributed by atoms with Gasteiger partial charge in [0.15, 0.2) is 0 Å². The average Bonchev–Trinajstić information content (AvgIpc) is 3.21. The standard InChI is InChI=1S/C25H18F2N4O2/c1-31-21-9-5-3-7-17(21)22(16-6-2-4-8-18(16)27)29-23(25(31)33)30-24(32)20-12-14-10-11-15(26)13-19(14)28-20/h2-13,23,28H,1H3,(H,30,32). The molecule has 2 heterocycles. The molecule has 1 aliphatic heterocycles. The number of aromatic nitrogens is 1. The number of hydrogen-bond acceptors (Lipinski definition) is 3. The number of anilines is 1. The van der Waals surface area contributed by atoms with Gasteiger partial charge in [-0.1, -0.05) is 30.3 Å². The third kappa shape index (κ3) is 3.65. The summed E-state index contributed by atoms with van der Waals surface area (Å²) in [5, 5.41) is 3.27. The van der Waals surface area contributed by atoms with Crippen molar-refractivity contribution in [3.63, 3.8) is 0 Å². The number of nitrogens with zero attached hydrogens (tertiary/aromatic N) is 2. The number of carbonyl (C=O) groups is 2. The van der Waals surface area contributed by atoms with Crippen molar-refractivity contribution >= 4 is 34.1 Å².